The van der Waals surface area contributed by atoms with Gasteiger partial charge in [-0.15, -0.1) is 11.8 Å². The van der Waals surface area contributed by atoms with Gasteiger partial charge in [-0.2, -0.15) is 0 Å². The largest absolute Gasteiger partial charge is 0.354 e. The maximum atomic E-state index is 13.6. The van der Waals surface area contributed by atoms with Crippen molar-refractivity contribution in [3.05, 3.63) is 104 Å². The molecular weight excluding hydrogens is 600 g/mol. The normalized spacial score (nSPS) is 11.6. The van der Waals surface area contributed by atoms with E-state index in [1.54, 1.807) is 16.7 Å². The summed E-state index contributed by atoms with van der Waals surface area (Å²) >= 11 is 8.57. The summed E-state index contributed by atoms with van der Waals surface area (Å²) in [4.78, 5) is 28.8. The molecule has 7 heteroatoms. The molecule has 1 N–H and O–H groups in total. The Morgan fingerprint density at radius 1 is 0.889 bits per heavy atom. The minimum Gasteiger partial charge on any atom is -0.354 e. The Bertz CT molecular complexity index is 1110. The van der Waals surface area contributed by atoms with Gasteiger partial charge in [0.1, 0.15) is 6.04 Å². The molecule has 3 aromatic carbocycles. The van der Waals surface area contributed by atoms with Crippen LogP contribution in [0.2, 0.25) is 0 Å². The number of carbonyl (C=O) groups is 2. The predicted octanol–water partition coefficient (Wildman–Crippen LogP) is 7.00. The van der Waals surface area contributed by atoms with E-state index in [9.17, 15) is 9.59 Å². The van der Waals surface area contributed by atoms with Gasteiger partial charge in [0, 0.05) is 34.2 Å². The summed E-state index contributed by atoms with van der Waals surface area (Å²) in [5.74, 6) is 0.894. The van der Waals surface area contributed by atoms with Gasteiger partial charge in [-0.3, -0.25) is 9.59 Å². The number of rotatable bonds is 13. The standard InChI is InChI=1S/C29H32Br2N2O2S/c1-2-3-16-32-29(35)27(18-22-8-5-4-6-9-22)33(19-24-10-7-11-26(31)17-24)28(34)21-36-20-23-12-14-25(30)15-13-23/h4-15,17,27H,2-3,16,18-21H2,1H3,(H,32,35). The molecule has 0 aliphatic heterocycles. The van der Waals surface area contributed by atoms with Crippen LogP contribution in [-0.4, -0.2) is 35.1 Å². The molecule has 0 bridgehead atoms. The Balaban J connectivity index is 1.82. The molecule has 0 saturated carbocycles. The van der Waals surface area contributed by atoms with Crippen LogP contribution in [-0.2, 0) is 28.3 Å². The zero-order valence-corrected chi connectivity index (χ0v) is 24.4. The van der Waals surface area contributed by atoms with Gasteiger partial charge < -0.3 is 10.2 Å². The summed E-state index contributed by atoms with van der Waals surface area (Å²) < 4.78 is 1.98. The van der Waals surface area contributed by atoms with E-state index in [1.807, 2.05) is 66.7 Å². The van der Waals surface area contributed by atoms with Gasteiger partial charge in [-0.05, 0) is 47.4 Å². The van der Waals surface area contributed by atoms with Crippen LogP contribution in [0, 0.1) is 0 Å². The monoisotopic (exact) mass is 630 g/mol. The number of hydrogen-bond donors (Lipinski definition) is 1. The average molecular weight is 632 g/mol. The summed E-state index contributed by atoms with van der Waals surface area (Å²) in [5.41, 5.74) is 3.17. The van der Waals surface area contributed by atoms with Crippen LogP contribution in [0.15, 0.2) is 87.8 Å². The van der Waals surface area contributed by atoms with E-state index in [0.29, 0.717) is 25.3 Å². The van der Waals surface area contributed by atoms with Crippen molar-refractivity contribution in [3.63, 3.8) is 0 Å². The Kier molecular flexibility index (Phi) is 12.0. The molecule has 190 valence electrons. The van der Waals surface area contributed by atoms with Crippen molar-refractivity contribution in [1.29, 1.82) is 0 Å². The van der Waals surface area contributed by atoms with E-state index in [1.165, 1.54) is 0 Å². The van der Waals surface area contributed by atoms with Gasteiger partial charge >= 0.3 is 0 Å². The first kappa shape index (κ1) is 28.5. The van der Waals surface area contributed by atoms with Gasteiger partial charge in [0.05, 0.1) is 5.75 Å². The molecule has 0 fully saturated rings. The molecule has 4 nitrogen and oxygen atoms in total. The molecule has 1 unspecified atom stereocenters. The van der Waals surface area contributed by atoms with Crippen molar-refractivity contribution in [2.24, 2.45) is 0 Å². The second-order valence-electron chi connectivity index (χ2n) is 8.62. The van der Waals surface area contributed by atoms with E-state index in [0.717, 1.165) is 44.2 Å². The fourth-order valence-corrected chi connectivity index (χ4v) is 5.39. The summed E-state index contributed by atoms with van der Waals surface area (Å²) in [6.45, 7) is 3.08. The zero-order valence-electron chi connectivity index (χ0n) is 20.5. The molecule has 3 rings (SSSR count). The van der Waals surface area contributed by atoms with E-state index < -0.39 is 6.04 Å². The molecule has 0 heterocycles. The quantitative estimate of drug-likeness (QED) is 0.207. The molecule has 36 heavy (non-hydrogen) atoms. The number of nitrogens with one attached hydrogen (secondary N) is 1. The van der Waals surface area contributed by atoms with Gasteiger partial charge in [0.25, 0.3) is 0 Å². The fraction of sp³-hybridized carbons (Fsp3) is 0.310. The van der Waals surface area contributed by atoms with Crippen LogP contribution in [0.25, 0.3) is 0 Å². The minimum absolute atomic E-state index is 0.0383. The lowest BCUT2D eigenvalue weighted by molar-refractivity contribution is -0.139. The Morgan fingerprint density at radius 3 is 2.31 bits per heavy atom. The van der Waals surface area contributed by atoms with Gasteiger partial charge in [-0.1, -0.05) is 99.8 Å². The molecule has 0 spiro atoms. The van der Waals surface area contributed by atoms with Crippen LogP contribution in [0.1, 0.15) is 36.5 Å². The van der Waals surface area contributed by atoms with E-state index in [-0.39, 0.29) is 11.8 Å². The number of carbonyl (C=O) groups excluding carboxylic acids is 2. The van der Waals surface area contributed by atoms with Crippen LogP contribution in [0.4, 0.5) is 0 Å². The van der Waals surface area contributed by atoms with E-state index >= 15 is 0 Å². The van der Waals surface area contributed by atoms with Crippen molar-refractivity contribution in [1.82, 2.24) is 10.2 Å². The molecule has 0 radical (unpaired) electrons. The number of unbranched alkanes of at least 4 members (excludes halogenated alkanes) is 1. The van der Waals surface area contributed by atoms with Crippen LogP contribution >= 0.6 is 43.6 Å². The predicted molar refractivity (Wildman–Crippen MR) is 157 cm³/mol. The molecule has 3 aromatic rings. The number of nitrogens with zero attached hydrogens (tertiary/aromatic N) is 1. The van der Waals surface area contributed by atoms with Gasteiger partial charge in [0.2, 0.25) is 11.8 Å². The van der Waals surface area contributed by atoms with Crippen molar-refractivity contribution in [2.45, 2.75) is 44.5 Å². The maximum Gasteiger partial charge on any atom is 0.243 e. The molecule has 0 aromatic heterocycles. The summed E-state index contributed by atoms with van der Waals surface area (Å²) in [7, 11) is 0. The molecular formula is C29H32Br2N2O2S. The third-order valence-corrected chi connectivity index (χ3v) is 7.76. The van der Waals surface area contributed by atoms with Crippen molar-refractivity contribution in [3.8, 4) is 0 Å². The highest BCUT2D eigenvalue weighted by molar-refractivity contribution is 9.10. The van der Waals surface area contributed by atoms with Crippen LogP contribution in [0.5, 0.6) is 0 Å². The number of halogens is 2. The van der Waals surface area contributed by atoms with Crippen molar-refractivity contribution < 1.29 is 9.59 Å². The molecule has 0 aliphatic carbocycles. The van der Waals surface area contributed by atoms with Crippen molar-refractivity contribution >= 4 is 55.4 Å². The molecule has 0 saturated heterocycles. The second-order valence-corrected chi connectivity index (χ2v) is 11.4. The number of amides is 2. The maximum absolute atomic E-state index is 13.6. The lowest BCUT2D eigenvalue weighted by Crippen LogP contribution is -2.51. The third-order valence-electron chi connectivity index (χ3n) is 5.75. The first-order valence-corrected chi connectivity index (χ1v) is 14.9. The average Bonchev–Trinajstić information content (AvgIpc) is 2.88. The summed E-state index contributed by atoms with van der Waals surface area (Å²) in [5, 5.41) is 3.07. The van der Waals surface area contributed by atoms with Gasteiger partial charge in [0.15, 0.2) is 0 Å². The topological polar surface area (TPSA) is 49.4 Å². The first-order chi connectivity index (χ1) is 17.5. The minimum atomic E-state index is -0.594. The molecule has 0 aliphatic rings. The summed E-state index contributed by atoms with van der Waals surface area (Å²) in [6, 6.07) is 25.4. The SMILES string of the molecule is CCCCNC(=O)C(Cc1ccccc1)N(Cc1cccc(Br)c1)C(=O)CSCc1ccc(Br)cc1. The summed E-state index contributed by atoms with van der Waals surface area (Å²) in [6.07, 6.45) is 2.37. The fourth-order valence-electron chi connectivity index (χ4n) is 3.81. The molecule has 1 atom stereocenters. The highest BCUT2D eigenvalue weighted by Crippen LogP contribution is 2.21. The van der Waals surface area contributed by atoms with Crippen LogP contribution in [0.3, 0.4) is 0 Å². The number of hydrogen-bond acceptors (Lipinski definition) is 3. The van der Waals surface area contributed by atoms with E-state index in [4.69, 9.17) is 0 Å². The molecule has 2 amide bonds. The Hall–Kier alpha value is -2.09. The zero-order chi connectivity index (χ0) is 25.8. The van der Waals surface area contributed by atoms with Crippen LogP contribution < -0.4 is 5.32 Å². The third kappa shape index (κ3) is 9.41. The highest BCUT2D eigenvalue weighted by Gasteiger charge is 2.30. The lowest BCUT2D eigenvalue weighted by atomic mass is 10.0. The number of benzene rings is 3. The number of thioether (sulfide) groups is 1. The smallest absolute Gasteiger partial charge is 0.243 e. The second kappa shape index (κ2) is 15.2. The highest BCUT2D eigenvalue weighted by atomic mass is 79.9. The Labute approximate surface area is 235 Å². The first-order valence-electron chi connectivity index (χ1n) is 12.1. The van der Waals surface area contributed by atoms with Gasteiger partial charge in [-0.25, -0.2) is 0 Å². The van der Waals surface area contributed by atoms with Crippen molar-refractivity contribution in [2.75, 3.05) is 12.3 Å². The van der Waals surface area contributed by atoms with E-state index in [2.05, 4.69) is 56.2 Å². The Morgan fingerprint density at radius 2 is 1.61 bits per heavy atom. The lowest BCUT2D eigenvalue weighted by Gasteiger charge is -2.31.